The van der Waals surface area contributed by atoms with Crippen molar-refractivity contribution in [1.29, 1.82) is 0 Å². The molecule has 0 aliphatic carbocycles. The van der Waals surface area contributed by atoms with Gasteiger partial charge in [-0.25, -0.2) is 9.37 Å². The van der Waals surface area contributed by atoms with E-state index in [1.165, 1.54) is 28.5 Å². The summed E-state index contributed by atoms with van der Waals surface area (Å²) >= 11 is 1.42. The molecule has 0 saturated carbocycles. The Bertz CT molecular complexity index is 869. The first-order chi connectivity index (χ1) is 10.0. The summed E-state index contributed by atoms with van der Waals surface area (Å²) in [6.07, 6.45) is 0. The molecule has 2 heterocycles. The zero-order valence-corrected chi connectivity index (χ0v) is 12.5. The van der Waals surface area contributed by atoms with Crippen LogP contribution < -0.4 is 5.56 Å². The molecule has 3 aromatic rings. The molecule has 0 fully saturated rings. The number of hydrogen-bond donors (Lipinski definition) is 1. The number of halogens is 1. The van der Waals surface area contributed by atoms with Crippen LogP contribution in [0, 0.1) is 12.7 Å². The summed E-state index contributed by atoms with van der Waals surface area (Å²) in [4.78, 5) is 19.8. The molecule has 6 heteroatoms. The Morgan fingerprint density at radius 3 is 2.95 bits per heavy atom. The number of aromatic amines is 1. The minimum absolute atomic E-state index is 0.102. The number of benzene rings is 1. The summed E-state index contributed by atoms with van der Waals surface area (Å²) in [7, 11) is 1.69. The largest absolute Gasteiger partial charge is 0.353 e. The molecule has 0 unspecified atom stereocenters. The predicted octanol–water partition coefficient (Wildman–Crippen LogP) is 3.00. The fourth-order valence-corrected chi connectivity index (χ4v) is 3.08. The van der Waals surface area contributed by atoms with E-state index >= 15 is 0 Å². The smallest absolute Gasteiger partial charge is 0.278 e. The third kappa shape index (κ3) is 2.71. The minimum Gasteiger partial charge on any atom is -0.353 e. The average Bonchev–Trinajstić information content (AvgIpc) is 2.82. The molecule has 0 spiro atoms. The van der Waals surface area contributed by atoms with Crippen LogP contribution in [0.15, 0.2) is 40.3 Å². The number of nitrogens with one attached hydrogen (secondary N) is 1. The van der Waals surface area contributed by atoms with E-state index in [9.17, 15) is 9.18 Å². The summed E-state index contributed by atoms with van der Waals surface area (Å²) in [5.41, 5.74) is 2.85. The monoisotopic (exact) mass is 303 g/mol. The fourth-order valence-electron chi connectivity index (χ4n) is 2.16. The Hall–Kier alpha value is -2.08. The van der Waals surface area contributed by atoms with Gasteiger partial charge < -0.3 is 4.98 Å². The number of rotatable bonds is 3. The molecule has 21 heavy (non-hydrogen) atoms. The van der Waals surface area contributed by atoms with E-state index < -0.39 is 0 Å². The molecule has 0 aliphatic rings. The Morgan fingerprint density at radius 2 is 2.19 bits per heavy atom. The molecule has 3 rings (SSSR count). The highest BCUT2D eigenvalue weighted by Gasteiger charge is 2.11. The summed E-state index contributed by atoms with van der Waals surface area (Å²) in [6, 6.07) is 8.29. The minimum atomic E-state index is -0.258. The molecule has 108 valence electrons. The first-order valence-electron chi connectivity index (χ1n) is 6.48. The summed E-state index contributed by atoms with van der Waals surface area (Å²) in [6.45, 7) is 1.89. The molecule has 4 nitrogen and oxygen atoms in total. The lowest BCUT2D eigenvalue weighted by Crippen LogP contribution is -2.19. The second-order valence-electron chi connectivity index (χ2n) is 4.89. The van der Waals surface area contributed by atoms with Crippen molar-refractivity contribution in [2.75, 3.05) is 0 Å². The van der Waals surface area contributed by atoms with Gasteiger partial charge in [-0.15, -0.1) is 0 Å². The molecule has 0 aliphatic heterocycles. The highest BCUT2D eigenvalue weighted by Crippen LogP contribution is 2.22. The zero-order chi connectivity index (χ0) is 15.0. The Kier molecular flexibility index (Phi) is 3.55. The van der Waals surface area contributed by atoms with Crippen molar-refractivity contribution in [3.05, 3.63) is 57.8 Å². The van der Waals surface area contributed by atoms with Crippen molar-refractivity contribution in [3.63, 3.8) is 0 Å². The van der Waals surface area contributed by atoms with Crippen LogP contribution in [0.4, 0.5) is 4.39 Å². The van der Waals surface area contributed by atoms with Crippen molar-refractivity contribution in [2.24, 2.45) is 7.05 Å². The second-order valence-corrected chi connectivity index (χ2v) is 5.83. The number of aromatic nitrogens is 3. The van der Waals surface area contributed by atoms with Crippen LogP contribution in [-0.2, 0) is 12.8 Å². The van der Waals surface area contributed by atoms with E-state index in [0.29, 0.717) is 21.9 Å². The van der Waals surface area contributed by atoms with Crippen LogP contribution in [-0.4, -0.2) is 14.5 Å². The second kappa shape index (κ2) is 5.37. The number of nitrogens with zero attached hydrogens (tertiary/aromatic N) is 2. The van der Waals surface area contributed by atoms with Gasteiger partial charge in [0.2, 0.25) is 0 Å². The van der Waals surface area contributed by atoms with Gasteiger partial charge >= 0.3 is 0 Å². The molecule has 0 amide bonds. The molecule has 0 radical (unpaired) electrons. The average molecular weight is 303 g/mol. The van der Waals surface area contributed by atoms with Gasteiger partial charge in [0.15, 0.2) is 5.16 Å². The van der Waals surface area contributed by atoms with E-state index in [4.69, 9.17) is 0 Å². The molecular weight excluding hydrogens is 289 g/mol. The highest BCUT2D eigenvalue weighted by atomic mass is 32.2. The van der Waals surface area contributed by atoms with E-state index in [-0.39, 0.29) is 11.4 Å². The number of H-pyrrole nitrogens is 1. The zero-order valence-electron chi connectivity index (χ0n) is 11.7. The maximum atomic E-state index is 13.2. The van der Waals surface area contributed by atoms with Gasteiger partial charge in [-0.3, -0.25) is 9.36 Å². The lowest BCUT2D eigenvalue weighted by Gasteiger charge is -2.07. The van der Waals surface area contributed by atoms with E-state index in [0.717, 1.165) is 11.3 Å². The van der Waals surface area contributed by atoms with Gasteiger partial charge in [0.05, 0.1) is 5.52 Å². The third-order valence-electron chi connectivity index (χ3n) is 3.21. The maximum Gasteiger partial charge on any atom is 0.278 e. The van der Waals surface area contributed by atoms with Gasteiger partial charge in [-0.2, -0.15) is 0 Å². The van der Waals surface area contributed by atoms with Gasteiger partial charge in [-0.05, 0) is 30.7 Å². The fraction of sp³-hybridized carbons (Fsp3) is 0.200. The van der Waals surface area contributed by atoms with Gasteiger partial charge in [0.1, 0.15) is 11.3 Å². The van der Waals surface area contributed by atoms with E-state index in [1.807, 2.05) is 19.1 Å². The number of thioether (sulfide) groups is 1. The van der Waals surface area contributed by atoms with Crippen LogP contribution in [0.5, 0.6) is 0 Å². The van der Waals surface area contributed by atoms with Crippen LogP contribution in [0.2, 0.25) is 0 Å². The predicted molar refractivity (Wildman–Crippen MR) is 82.0 cm³/mol. The van der Waals surface area contributed by atoms with Crippen LogP contribution in [0.1, 0.15) is 11.3 Å². The van der Waals surface area contributed by atoms with Gasteiger partial charge in [0.25, 0.3) is 5.56 Å². The molecule has 0 bridgehead atoms. The van der Waals surface area contributed by atoms with Gasteiger partial charge in [0, 0.05) is 18.5 Å². The first-order valence-corrected chi connectivity index (χ1v) is 7.47. The number of hydrogen-bond acceptors (Lipinski definition) is 3. The lowest BCUT2D eigenvalue weighted by molar-refractivity contribution is 0.626. The Morgan fingerprint density at radius 1 is 1.38 bits per heavy atom. The van der Waals surface area contributed by atoms with Crippen molar-refractivity contribution in [3.8, 4) is 0 Å². The van der Waals surface area contributed by atoms with Crippen molar-refractivity contribution < 1.29 is 4.39 Å². The summed E-state index contributed by atoms with van der Waals surface area (Å²) in [5, 5.41) is 0.621. The van der Waals surface area contributed by atoms with Gasteiger partial charge in [-0.1, -0.05) is 23.9 Å². The normalized spacial score (nSPS) is 11.2. The lowest BCUT2D eigenvalue weighted by atomic mass is 10.2. The van der Waals surface area contributed by atoms with Crippen LogP contribution in [0.3, 0.4) is 0 Å². The first kappa shape index (κ1) is 13.9. The van der Waals surface area contributed by atoms with Crippen molar-refractivity contribution >= 4 is 22.8 Å². The third-order valence-corrected chi connectivity index (χ3v) is 4.31. The SMILES string of the molecule is Cc1cc2nc(SCc3cccc(F)c3)n(C)c(=O)c2[nH]1. The molecular formula is C15H14FN3OS. The molecule has 0 saturated heterocycles. The van der Waals surface area contributed by atoms with Crippen molar-refractivity contribution in [2.45, 2.75) is 17.8 Å². The highest BCUT2D eigenvalue weighted by molar-refractivity contribution is 7.98. The molecule has 1 aromatic carbocycles. The summed E-state index contributed by atoms with van der Waals surface area (Å²) < 4.78 is 14.7. The standard InChI is InChI=1S/C15H14FN3OS/c1-9-6-12-13(17-9)14(20)19(2)15(18-12)21-8-10-4-3-5-11(16)7-10/h3-7,17H,8H2,1-2H3. The molecule has 0 atom stereocenters. The van der Waals surface area contributed by atoms with E-state index in [2.05, 4.69) is 9.97 Å². The Labute approximate surface area is 125 Å². The Balaban J connectivity index is 1.93. The number of fused-ring (bicyclic) bond motifs is 1. The van der Waals surface area contributed by atoms with Crippen LogP contribution in [0.25, 0.3) is 11.0 Å². The van der Waals surface area contributed by atoms with E-state index in [1.54, 1.807) is 13.1 Å². The number of aryl methyl sites for hydroxylation is 1. The summed E-state index contributed by atoms with van der Waals surface area (Å²) in [5.74, 6) is 0.305. The molecule has 2 aromatic heterocycles. The van der Waals surface area contributed by atoms with Crippen molar-refractivity contribution in [1.82, 2.24) is 14.5 Å². The quantitative estimate of drug-likeness (QED) is 0.598. The topological polar surface area (TPSA) is 50.7 Å². The van der Waals surface area contributed by atoms with Crippen LogP contribution >= 0.6 is 11.8 Å². The molecule has 1 N–H and O–H groups in total. The maximum absolute atomic E-state index is 13.2.